The van der Waals surface area contributed by atoms with Crippen molar-refractivity contribution in [3.63, 3.8) is 0 Å². The molecule has 0 aliphatic carbocycles. The van der Waals surface area contributed by atoms with Crippen molar-refractivity contribution in [2.75, 3.05) is 13.1 Å². The highest BCUT2D eigenvalue weighted by atomic mass is 35.5. The van der Waals surface area contributed by atoms with Crippen LogP contribution in [0.15, 0.2) is 24.3 Å². The number of halogens is 1. The van der Waals surface area contributed by atoms with Crippen LogP contribution in [0.25, 0.3) is 0 Å². The third kappa shape index (κ3) is 5.80. The summed E-state index contributed by atoms with van der Waals surface area (Å²) in [5.41, 5.74) is 0.177. The van der Waals surface area contributed by atoms with Gasteiger partial charge in [0.05, 0.1) is 5.60 Å². The first-order chi connectivity index (χ1) is 9.31. The molecule has 0 saturated carbocycles. The molecule has 4 nitrogen and oxygen atoms in total. The van der Waals surface area contributed by atoms with Gasteiger partial charge in [-0.1, -0.05) is 37.6 Å². The van der Waals surface area contributed by atoms with Gasteiger partial charge in [-0.05, 0) is 37.0 Å². The number of urea groups is 1. The molecule has 0 aliphatic rings. The second-order valence-corrected chi connectivity index (χ2v) is 5.94. The Bertz CT molecular complexity index is 447. The van der Waals surface area contributed by atoms with Crippen molar-refractivity contribution in [3.8, 4) is 0 Å². The molecule has 0 heterocycles. The minimum absolute atomic E-state index is 0.0780. The number of hydrogen-bond donors (Lipinski definition) is 3. The number of carbonyl (C=O) groups excluding carboxylic acids is 1. The summed E-state index contributed by atoms with van der Waals surface area (Å²) < 4.78 is 0. The molecule has 0 bridgehead atoms. The van der Waals surface area contributed by atoms with E-state index < -0.39 is 5.60 Å². The Morgan fingerprint density at radius 2 is 2.10 bits per heavy atom. The van der Waals surface area contributed by atoms with Crippen LogP contribution in [-0.4, -0.2) is 29.8 Å². The van der Waals surface area contributed by atoms with Crippen LogP contribution in [0.4, 0.5) is 4.79 Å². The Morgan fingerprint density at radius 1 is 1.40 bits per heavy atom. The van der Waals surface area contributed by atoms with Gasteiger partial charge in [-0.3, -0.25) is 0 Å². The lowest BCUT2D eigenvalue weighted by Crippen LogP contribution is -2.47. The normalized spacial score (nSPS) is 13.9. The summed E-state index contributed by atoms with van der Waals surface area (Å²) in [6, 6.07) is 7.28. The summed E-state index contributed by atoms with van der Waals surface area (Å²) >= 11 is 5.89. The van der Waals surface area contributed by atoms with Gasteiger partial charge in [0.1, 0.15) is 0 Å². The van der Waals surface area contributed by atoms with Crippen LogP contribution >= 0.6 is 11.6 Å². The molecule has 3 N–H and O–H groups in total. The molecule has 0 radical (unpaired) electrons. The fourth-order valence-corrected chi connectivity index (χ4v) is 1.75. The number of rotatable bonds is 6. The Morgan fingerprint density at radius 3 is 2.70 bits per heavy atom. The van der Waals surface area contributed by atoms with E-state index in [2.05, 4.69) is 10.6 Å². The SMILES string of the molecule is CC(C)C(C)(O)CNC(=O)NCCc1cccc(Cl)c1. The highest BCUT2D eigenvalue weighted by Crippen LogP contribution is 2.14. The minimum atomic E-state index is -0.899. The Labute approximate surface area is 125 Å². The lowest BCUT2D eigenvalue weighted by Gasteiger charge is -2.27. The van der Waals surface area contributed by atoms with Gasteiger partial charge < -0.3 is 15.7 Å². The molecule has 0 aromatic heterocycles. The van der Waals surface area contributed by atoms with Crippen molar-refractivity contribution in [2.45, 2.75) is 32.8 Å². The first-order valence-corrected chi connectivity index (χ1v) is 7.17. The highest BCUT2D eigenvalue weighted by molar-refractivity contribution is 6.30. The van der Waals surface area contributed by atoms with Gasteiger partial charge in [0.2, 0.25) is 0 Å². The van der Waals surface area contributed by atoms with E-state index in [1.165, 1.54) is 0 Å². The quantitative estimate of drug-likeness (QED) is 0.756. The summed E-state index contributed by atoms with van der Waals surface area (Å²) in [6.07, 6.45) is 0.717. The van der Waals surface area contributed by atoms with E-state index >= 15 is 0 Å². The molecular formula is C15H23ClN2O2. The van der Waals surface area contributed by atoms with E-state index in [1.807, 2.05) is 38.1 Å². The molecule has 2 amide bonds. The monoisotopic (exact) mass is 298 g/mol. The zero-order valence-electron chi connectivity index (χ0n) is 12.2. The summed E-state index contributed by atoms with van der Waals surface area (Å²) in [5, 5.41) is 16.1. The molecule has 1 aromatic carbocycles. The molecule has 5 heteroatoms. The van der Waals surface area contributed by atoms with Crippen molar-refractivity contribution in [3.05, 3.63) is 34.9 Å². The van der Waals surface area contributed by atoms with Crippen molar-refractivity contribution in [2.24, 2.45) is 5.92 Å². The van der Waals surface area contributed by atoms with Crippen molar-refractivity contribution in [1.29, 1.82) is 0 Å². The maximum atomic E-state index is 11.6. The maximum absolute atomic E-state index is 11.6. The van der Waals surface area contributed by atoms with E-state index in [0.29, 0.717) is 18.0 Å². The predicted octanol–water partition coefficient (Wildman–Crippen LogP) is 2.59. The topological polar surface area (TPSA) is 61.4 Å². The van der Waals surface area contributed by atoms with Crippen molar-refractivity contribution in [1.82, 2.24) is 10.6 Å². The number of amides is 2. The molecule has 0 saturated heterocycles. The lowest BCUT2D eigenvalue weighted by molar-refractivity contribution is 0.0166. The summed E-state index contributed by atoms with van der Waals surface area (Å²) in [6.45, 7) is 6.30. The van der Waals surface area contributed by atoms with Gasteiger partial charge in [0.15, 0.2) is 0 Å². The van der Waals surface area contributed by atoms with Crippen molar-refractivity contribution < 1.29 is 9.90 Å². The van der Waals surface area contributed by atoms with Crippen LogP contribution in [-0.2, 0) is 6.42 Å². The molecular weight excluding hydrogens is 276 g/mol. The molecule has 0 aliphatic heterocycles. The van der Waals surface area contributed by atoms with Gasteiger partial charge >= 0.3 is 6.03 Å². The van der Waals surface area contributed by atoms with E-state index in [1.54, 1.807) is 6.92 Å². The number of carbonyl (C=O) groups is 1. The second-order valence-electron chi connectivity index (χ2n) is 5.50. The highest BCUT2D eigenvalue weighted by Gasteiger charge is 2.25. The Hall–Kier alpha value is -1.26. The molecule has 1 unspecified atom stereocenters. The average molecular weight is 299 g/mol. The predicted molar refractivity (Wildman–Crippen MR) is 82.0 cm³/mol. The van der Waals surface area contributed by atoms with Crippen LogP contribution in [0.3, 0.4) is 0 Å². The molecule has 112 valence electrons. The summed E-state index contributed by atoms with van der Waals surface area (Å²) in [5.74, 6) is 0.0780. The van der Waals surface area contributed by atoms with E-state index in [0.717, 1.165) is 5.56 Å². The number of nitrogens with one attached hydrogen (secondary N) is 2. The maximum Gasteiger partial charge on any atom is 0.314 e. The molecule has 1 atom stereocenters. The zero-order chi connectivity index (χ0) is 15.2. The van der Waals surface area contributed by atoms with E-state index in [9.17, 15) is 9.90 Å². The minimum Gasteiger partial charge on any atom is -0.388 e. The third-order valence-corrected chi connectivity index (χ3v) is 3.67. The van der Waals surface area contributed by atoms with Gasteiger partial charge in [-0.2, -0.15) is 0 Å². The first-order valence-electron chi connectivity index (χ1n) is 6.80. The fourth-order valence-electron chi connectivity index (χ4n) is 1.54. The summed E-state index contributed by atoms with van der Waals surface area (Å²) in [7, 11) is 0. The van der Waals surface area contributed by atoms with Gasteiger partial charge in [0, 0.05) is 18.1 Å². The lowest BCUT2D eigenvalue weighted by atomic mass is 9.93. The molecule has 0 fully saturated rings. The van der Waals surface area contributed by atoms with E-state index in [4.69, 9.17) is 11.6 Å². The fraction of sp³-hybridized carbons (Fsp3) is 0.533. The smallest absolute Gasteiger partial charge is 0.314 e. The number of aliphatic hydroxyl groups is 1. The van der Waals surface area contributed by atoms with Crippen LogP contribution in [0.2, 0.25) is 5.02 Å². The van der Waals surface area contributed by atoms with Gasteiger partial charge in [-0.15, -0.1) is 0 Å². The Kier molecular flexibility index (Phi) is 6.30. The first kappa shape index (κ1) is 16.8. The van der Waals surface area contributed by atoms with E-state index in [-0.39, 0.29) is 18.5 Å². The van der Waals surface area contributed by atoms with Gasteiger partial charge in [-0.25, -0.2) is 4.79 Å². The Balaban J connectivity index is 2.27. The largest absolute Gasteiger partial charge is 0.388 e. The van der Waals surface area contributed by atoms with Gasteiger partial charge in [0.25, 0.3) is 0 Å². The standard InChI is InChI=1S/C15H23ClN2O2/c1-11(2)15(3,20)10-18-14(19)17-8-7-12-5-4-6-13(16)9-12/h4-6,9,11,20H,7-8,10H2,1-3H3,(H2,17,18,19). The zero-order valence-corrected chi connectivity index (χ0v) is 13.0. The molecule has 0 spiro atoms. The summed E-state index contributed by atoms with van der Waals surface area (Å²) in [4.78, 5) is 11.6. The molecule has 1 aromatic rings. The van der Waals surface area contributed by atoms with Crippen molar-refractivity contribution >= 4 is 17.6 Å². The molecule has 20 heavy (non-hydrogen) atoms. The van der Waals surface area contributed by atoms with Crippen LogP contribution < -0.4 is 10.6 Å². The van der Waals surface area contributed by atoms with Crippen LogP contribution in [0.5, 0.6) is 0 Å². The number of hydrogen-bond acceptors (Lipinski definition) is 2. The van der Waals surface area contributed by atoms with Crippen LogP contribution in [0, 0.1) is 5.92 Å². The number of benzene rings is 1. The third-order valence-electron chi connectivity index (χ3n) is 3.44. The van der Waals surface area contributed by atoms with Crippen LogP contribution in [0.1, 0.15) is 26.3 Å². The molecule has 1 rings (SSSR count). The average Bonchev–Trinajstić information content (AvgIpc) is 2.36. The second kappa shape index (κ2) is 7.50.